The second-order valence-corrected chi connectivity index (χ2v) is 4.90. The summed E-state index contributed by atoms with van der Waals surface area (Å²) in [6, 6.07) is 3.65. The van der Waals surface area contributed by atoms with Crippen LogP contribution in [0.3, 0.4) is 0 Å². The molecule has 0 radical (unpaired) electrons. The summed E-state index contributed by atoms with van der Waals surface area (Å²) in [5.41, 5.74) is 3.15. The van der Waals surface area contributed by atoms with Crippen LogP contribution in [0.15, 0.2) is 18.3 Å². The summed E-state index contributed by atoms with van der Waals surface area (Å²) in [4.78, 5) is 0. The monoisotopic (exact) mass is 294 g/mol. The van der Waals surface area contributed by atoms with Gasteiger partial charge in [-0.2, -0.15) is 8.75 Å². The summed E-state index contributed by atoms with van der Waals surface area (Å²) in [6.45, 7) is 3.61. The fourth-order valence-corrected chi connectivity index (χ4v) is 2.55. The van der Waals surface area contributed by atoms with Gasteiger partial charge in [-0.1, -0.05) is 23.7 Å². The molecule has 1 N–H and O–H groups in total. The summed E-state index contributed by atoms with van der Waals surface area (Å²) in [7, 11) is 0. The lowest BCUT2D eigenvalue weighted by Crippen LogP contribution is -2.11. The van der Waals surface area contributed by atoms with Gasteiger partial charge in [0.2, 0.25) is 0 Å². The van der Waals surface area contributed by atoms with Crippen molar-refractivity contribution < 1.29 is 0 Å². The van der Waals surface area contributed by atoms with Gasteiger partial charge >= 0.3 is 0 Å². The Hall–Kier alpha value is -1.57. The van der Waals surface area contributed by atoms with Crippen LogP contribution in [0.5, 0.6) is 0 Å². The fraction of sp³-hybridized carbons (Fsp3) is 0.273. The van der Waals surface area contributed by atoms with Crippen molar-refractivity contribution in [2.24, 2.45) is 0 Å². The molecule has 0 bridgehead atoms. The molecule has 8 heteroatoms. The number of benzene rings is 1. The molecule has 0 fully saturated rings. The van der Waals surface area contributed by atoms with Crippen molar-refractivity contribution in [2.75, 3.05) is 6.54 Å². The molecule has 0 amide bonds. The first kappa shape index (κ1) is 12.5. The Bertz CT molecular complexity index is 706. The third kappa shape index (κ3) is 2.32. The van der Waals surface area contributed by atoms with E-state index in [1.54, 1.807) is 10.7 Å². The lowest BCUT2D eigenvalue weighted by atomic mass is 10.2. The Kier molecular flexibility index (Phi) is 3.41. The molecule has 0 aliphatic carbocycles. The van der Waals surface area contributed by atoms with Gasteiger partial charge in [-0.15, -0.1) is 5.10 Å². The van der Waals surface area contributed by atoms with Crippen molar-refractivity contribution in [3.05, 3.63) is 29.0 Å². The van der Waals surface area contributed by atoms with Crippen molar-refractivity contribution in [1.29, 1.82) is 0 Å². The maximum absolute atomic E-state index is 6.24. The average molecular weight is 295 g/mol. The van der Waals surface area contributed by atoms with E-state index in [1.165, 1.54) is 0 Å². The predicted octanol–water partition coefficient (Wildman–Crippen LogP) is 2.03. The van der Waals surface area contributed by atoms with Crippen LogP contribution in [0.1, 0.15) is 12.6 Å². The van der Waals surface area contributed by atoms with Crippen molar-refractivity contribution in [3.8, 4) is 5.69 Å². The third-order valence-electron chi connectivity index (χ3n) is 2.68. The number of rotatable bonds is 4. The quantitative estimate of drug-likeness (QED) is 0.797. The highest BCUT2D eigenvalue weighted by molar-refractivity contribution is 7.00. The Morgan fingerprint density at radius 1 is 1.37 bits per heavy atom. The lowest BCUT2D eigenvalue weighted by Gasteiger charge is -2.03. The molecule has 2 aromatic heterocycles. The van der Waals surface area contributed by atoms with Gasteiger partial charge in [-0.3, -0.25) is 0 Å². The van der Waals surface area contributed by atoms with Gasteiger partial charge < -0.3 is 5.32 Å². The summed E-state index contributed by atoms with van der Waals surface area (Å²) in [5, 5.41) is 12.0. The number of halogens is 1. The molecule has 3 aromatic rings. The third-order valence-corrected chi connectivity index (χ3v) is 3.53. The lowest BCUT2D eigenvalue weighted by molar-refractivity contribution is 0.705. The highest BCUT2D eigenvalue weighted by atomic mass is 35.5. The second kappa shape index (κ2) is 5.20. The average Bonchev–Trinajstić information content (AvgIpc) is 3.04. The molecule has 0 saturated heterocycles. The summed E-state index contributed by atoms with van der Waals surface area (Å²) in [5.74, 6) is 0. The van der Waals surface area contributed by atoms with E-state index < -0.39 is 0 Å². The first-order valence-electron chi connectivity index (χ1n) is 5.82. The normalized spacial score (nSPS) is 11.3. The predicted molar refractivity (Wildman–Crippen MR) is 74.7 cm³/mol. The standard InChI is InChI=1S/C11H11ClN6S/c1-2-13-5-7-6-18(17-14-7)11-8(12)3-4-9-10(11)16-19-15-9/h3-4,6,13H,2,5H2,1H3. The Balaban J connectivity index is 2.05. The van der Waals surface area contributed by atoms with E-state index in [0.29, 0.717) is 11.6 Å². The summed E-state index contributed by atoms with van der Waals surface area (Å²) < 4.78 is 10.1. The maximum Gasteiger partial charge on any atom is 0.132 e. The van der Waals surface area contributed by atoms with Crippen LogP contribution in [0.4, 0.5) is 0 Å². The number of hydrogen-bond acceptors (Lipinski definition) is 6. The summed E-state index contributed by atoms with van der Waals surface area (Å²) >= 11 is 7.40. The molecule has 6 nitrogen and oxygen atoms in total. The molecule has 2 heterocycles. The van der Waals surface area contributed by atoms with Crippen molar-refractivity contribution in [1.82, 2.24) is 29.1 Å². The van der Waals surface area contributed by atoms with Crippen LogP contribution in [0.2, 0.25) is 5.02 Å². The van der Waals surface area contributed by atoms with Crippen LogP contribution in [0.25, 0.3) is 16.7 Å². The van der Waals surface area contributed by atoms with Crippen molar-refractivity contribution in [2.45, 2.75) is 13.5 Å². The van der Waals surface area contributed by atoms with E-state index in [1.807, 2.05) is 19.2 Å². The number of nitrogens with zero attached hydrogens (tertiary/aromatic N) is 5. The molecular formula is C11H11ClN6S. The van der Waals surface area contributed by atoms with Crippen LogP contribution in [-0.4, -0.2) is 30.3 Å². The van der Waals surface area contributed by atoms with E-state index in [0.717, 1.165) is 40.7 Å². The van der Waals surface area contributed by atoms with Crippen LogP contribution >= 0.6 is 23.3 Å². The van der Waals surface area contributed by atoms with Gasteiger partial charge in [0.1, 0.15) is 16.7 Å². The minimum atomic E-state index is 0.583. The van der Waals surface area contributed by atoms with E-state index in [-0.39, 0.29) is 0 Å². The molecule has 0 spiro atoms. The van der Waals surface area contributed by atoms with Crippen molar-refractivity contribution >= 4 is 34.4 Å². The molecule has 0 saturated carbocycles. The van der Waals surface area contributed by atoms with E-state index >= 15 is 0 Å². The fourth-order valence-electron chi connectivity index (χ4n) is 1.77. The molecule has 19 heavy (non-hydrogen) atoms. The largest absolute Gasteiger partial charge is 0.311 e. The van der Waals surface area contributed by atoms with E-state index in [9.17, 15) is 0 Å². The molecule has 1 aromatic carbocycles. The highest BCUT2D eigenvalue weighted by Gasteiger charge is 2.13. The minimum absolute atomic E-state index is 0.583. The van der Waals surface area contributed by atoms with Crippen molar-refractivity contribution in [3.63, 3.8) is 0 Å². The zero-order chi connectivity index (χ0) is 13.2. The van der Waals surface area contributed by atoms with Gasteiger partial charge in [0.25, 0.3) is 0 Å². The molecule has 0 unspecified atom stereocenters. The Morgan fingerprint density at radius 3 is 3.11 bits per heavy atom. The zero-order valence-corrected chi connectivity index (χ0v) is 11.7. The van der Waals surface area contributed by atoms with Gasteiger partial charge in [0, 0.05) is 6.54 Å². The number of fused-ring (bicyclic) bond motifs is 1. The molecule has 0 aliphatic heterocycles. The first-order chi connectivity index (χ1) is 9.29. The summed E-state index contributed by atoms with van der Waals surface area (Å²) in [6.07, 6.45) is 1.85. The smallest absolute Gasteiger partial charge is 0.132 e. The van der Waals surface area contributed by atoms with E-state index in [4.69, 9.17) is 11.6 Å². The second-order valence-electron chi connectivity index (χ2n) is 3.96. The van der Waals surface area contributed by atoms with Gasteiger partial charge in [0.05, 0.1) is 28.6 Å². The maximum atomic E-state index is 6.24. The topological polar surface area (TPSA) is 68.5 Å². The number of aromatic nitrogens is 5. The molecule has 98 valence electrons. The van der Waals surface area contributed by atoms with E-state index in [2.05, 4.69) is 24.4 Å². The number of hydrogen-bond donors (Lipinski definition) is 1. The van der Waals surface area contributed by atoms with Gasteiger partial charge in [0.15, 0.2) is 0 Å². The minimum Gasteiger partial charge on any atom is -0.311 e. The molecular weight excluding hydrogens is 284 g/mol. The number of nitrogens with one attached hydrogen (secondary N) is 1. The van der Waals surface area contributed by atoms with Crippen LogP contribution in [-0.2, 0) is 6.54 Å². The first-order valence-corrected chi connectivity index (χ1v) is 6.93. The Morgan fingerprint density at radius 2 is 2.26 bits per heavy atom. The highest BCUT2D eigenvalue weighted by Crippen LogP contribution is 2.27. The van der Waals surface area contributed by atoms with Crippen LogP contribution in [0, 0.1) is 0 Å². The molecule has 3 rings (SSSR count). The molecule has 0 atom stereocenters. The molecule has 0 aliphatic rings. The van der Waals surface area contributed by atoms with Gasteiger partial charge in [-0.05, 0) is 18.7 Å². The van der Waals surface area contributed by atoms with Gasteiger partial charge in [-0.25, -0.2) is 4.68 Å². The zero-order valence-electron chi connectivity index (χ0n) is 10.2. The Labute approximate surface area is 118 Å². The SMILES string of the molecule is CCNCc1cn(-c2c(Cl)ccc3nsnc23)nn1. The van der Waals surface area contributed by atoms with Crippen LogP contribution < -0.4 is 5.32 Å².